The van der Waals surface area contributed by atoms with Crippen LogP contribution in [0.1, 0.15) is 5.56 Å². The number of hydrogen-bond donors (Lipinski definition) is 0. The van der Waals surface area contributed by atoms with Crippen molar-refractivity contribution < 1.29 is 0 Å². The first-order valence-electron chi connectivity index (χ1n) is 3.94. The van der Waals surface area contributed by atoms with Gasteiger partial charge in [0.1, 0.15) is 5.15 Å². The van der Waals surface area contributed by atoms with Gasteiger partial charge in [0.25, 0.3) is 0 Å². The molecule has 0 N–H and O–H groups in total. The van der Waals surface area contributed by atoms with Gasteiger partial charge in [0.15, 0.2) is 0 Å². The van der Waals surface area contributed by atoms with E-state index >= 15 is 0 Å². The highest BCUT2D eigenvalue weighted by Gasteiger charge is 2.07. The maximum atomic E-state index is 5.63. The van der Waals surface area contributed by atoms with E-state index in [0.717, 1.165) is 5.56 Å². The smallest absolute Gasteiger partial charge is 0.244 e. The minimum absolute atomic E-state index is 0.468. The highest BCUT2D eigenvalue weighted by atomic mass is 35.5. The SMILES string of the molecule is Clc1ccc(C=[N+]=C2C=CN=N2)cn1. The molecule has 2 heterocycles. The molecule has 0 fully saturated rings. The van der Waals surface area contributed by atoms with Crippen LogP contribution in [0.2, 0.25) is 5.15 Å². The Morgan fingerprint density at radius 2 is 2.29 bits per heavy atom. The number of nitrogens with zero attached hydrogens (tertiary/aromatic N) is 4. The van der Waals surface area contributed by atoms with Crippen LogP contribution in [0.15, 0.2) is 40.8 Å². The topological polar surface area (TPSA) is 51.7 Å². The molecule has 0 unspecified atom stereocenters. The van der Waals surface area contributed by atoms with Crippen molar-refractivity contribution in [2.75, 3.05) is 0 Å². The third-order valence-corrected chi connectivity index (χ3v) is 1.77. The largest absolute Gasteiger partial charge is 0.441 e. The number of hydrogen-bond acceptors (Lipinski definition) is 2. The molecule has 0 saturated heterocycles. The molecule has 0 atom stereocenters. The zero-order valence-electron chi connectivity index (χ0n) is 7.13. The van der Waals surface area contributed by atoms with Gasteiger partial charge in [-0.25, -0.2) is 9.65 Å². The van der Waals surface area contributed by atoms with Crippen LogP contribution in [0.4, 0.5) is 0 Å². The minimum atomic E-state index is 0.468. The van der Waals surface area contributed by atoms with Gasteiger partial charge in [-0.2, -0.15) is 0 Å². The molecule has 1 aliphatic rings. The monoisotopic (exact) mass is 205 g/mol. The maximum absolute atomic E-state index is 5.63. The molecule has 0 saturated carbocycles. The van der Waals surface area contributed by atoms with E-state index in [1.165, 1.54) is 0 Å². The van der Waals surface area contributed by atoms with E-state index in [2.05, 4.69) is 19.9 Å². The molecular formula is C9H6ClN4+. The van der Waals surface area contributed by atoms with E-state index in [-0.39, 0.29) is 0 Å². The van der Waals surface area contributed by atoms with E-state index in [9.17, 15) is 0 Å². The number of pyridine rings is 1. The molecule has 1 aliphatic heterocycles. The highest BCUT2D eigenvalue weighted by Crippen LogP contribution is 2.02. The molecule has 5 heteroatoms. The summed E-state index contributed by atoms with van der Waals surface area (Å²) in [5.41, 5.74) is 0.873. The molecule has 0 bridgehead atoms. The normalized spacial score (nSPS) is 13.1. The van der Waals surface area contributed by atoms with Crippen LogP contribution in [-0.2, 0) is 0 Å². The first kappa shape index (κ1) is 8.81. The Bertz CT molecular complexity index is 438. The van der Waals surface area contributed by atoms with Gasteiger partial charge in [0.2, 0.25) is 6.21 Å². The van der Waals surface area contributed by atoms with Crippen molar-refractivity contribution in [1.82, 2.24) is 9.65 Å². The van der Waals surface area contributed by atoms with E-state index < -0.39 is 0 Å². The molecule has 4 nitrogen and oxygen atoms in total. The minimum Gasteiger partial charge on any atom is -0.244 e. The lowest BCUT2D eigenvalue weighted by Crippen LogP contribution is -1.93. The second kappa shape index (κ2) is 3.96. The van der Waals surface area contributed by atoms with Crippen LogP contribution in [0.3, 0.4) is 0 Å². The Morgan fingerprint density at radius 1 is 1.36 bits per heavy atom. The zero-order chi connectivity index (χ0) is 9.80. The van der Waals surface area contributed by atoms with Crippen molar-refractivity contribution in [2.24, 2.45) is 10.2 Å². The van der Waals surface area contributed by atoms with Crippen LogP contribution in [-0.4, -0.2) is 17.0 Å². The standard InChI is InChI=1S/C9H6ClN4/c10-8-2-1-7(5-11-8)6-12-9-3-4-13-14-9/h1-6H/q+1. The van der Waals surface area contributed by atoms with Gasteiger partial charge in [-0.3, -0.25) is 0 Å². The molecule has 68 valence electrons. The lowest BCUT2D eigenvalue weighted by atomic mass is 10.3. The Kier molecular flexibility index (Phi) is 2.49. The van der Waals surface area contributed by atoms with Gasteiger partial charge in [-0.1, -0.05) is 11.6 Å². The summed E-state index contributed by atoms with van der Waals surface area (Å²) in [5.74, 6) is 0.583. The fourth-order valence-electron chi connectivity index (χ4n) is 0.899. The summed E-state index contributed by atoms with van der Waals surface area (Å²) in [4.78, 5) is 3.92. The Labute approximate surface area is 85.4 Å². The van der Waals surface area contributed by atoms with Crippen LogP contribution < -0.4 is 4.67 Å². The van der Waals surface area contributed by atoms with Crippen molar-refractivity contribution in [3.8, 4) is 0 Å². The Balaban J connectivity index is 2.26. The zero-order valence-corrected chi connectivity index (χ0v) is 7.89. The van der Waals surface area contributed by atoms with Crippen LogP contribution in [0, 0.1) is 0 Å². The Morgan fingerprint density at radius 3 is 2.93 bits per heavy atom. The summed E-state index contributed by atoms with van der Waals surface area (Å²) in [6, 6.07) is 3.54. The molecule has 0 aromatic carbocycles. The van der Waals surface area contributed by atoms with Gasteiger partial charge >= 0.3 is 5.84 Å². The summed E-state index contributed by atoms with van der Waals surface area (Å²) >= 11 is 5.63. The Hall–Kier alpha value is -1.77. The van der Waals surface area contributed by atoms with E-state index in [1.54, 1.807) is 30.8 Å². The molecule has 1 aromatic rings. The third-order valence-electron chi connectivity index (χ3n) is 1.55. The molecule has 0 aliphatic carbocycles. The second-order valence-corrected chi connectivity index (χ2v) is 2.95. The number of aromatic nitrogens is 1. The van der Waals surface area contributed by atoms with Crippen molar-refractivity contribution in [3.05, 3.63) is 41.3 Å². The fraction of sp³-hybridized carbons (Fsp3) is 0. The van der Waals surface area contributed by atoms with E-state index in [0.29, 0.717) is 11.0 Å². The third kappa shape index (κ3) is 2.13. The number of rotatable bonds is 1. The van der Waals surface area contributed by atoms with E-state index in [4.69, 9.17) is 11.6 Å². The molecule has 2 rings (SSSR count). The molecule has 0 radical (unpaired) electrons. The lowest BCUT2D eigenvalue weighted by molar-refractivity contribution is 1.31. The van der Waals surface area contributed by atoms with Gasteiger partial charge < -0.3 is 0 Å². The fourth-order valence-corrected chi connectivity index (χ4v) is 1.01. The van der Waals surface area contributed by atoms with Crippen molar-refractivity contribution in [2.45, 2.75) is 0 Å². The summed E-state index contributed by atoms with van der Waals surface area (Å²) in [6.07, 6.45) is 6.61. The number of azo groups is 1. The number of halogens is 1. The average Bonchev–Trinajstić information content (AvgIpc) is 2.70. The molecular weight excluding hydrogens is 200 g/mol. The summed E-state index contributed by atoms with van der Waals surface area (Å²) < 4.78 is 4.08. The van der Waals surface area contributed by atoms with Gasteiger partial charge in [-0.05, 0) is 17.2 Å². The average molecular weight is 206 g/mol. The summed E-state index contributed by atoms with van der Waals surface area (Å²) in [6.45, 7) is 0. The lowest BCUT2D eigenvalue weighted by Gasteiger charge is -1.86. The maximum Gasteiger partial charge on any atom is 0.441 e. The van der Waals surface area contributed by atoms with Gasteiger partial charge in [0, 0.05) is 11.8 Å². The molecule has 0 amide bonds. The predicted octanol–water partition coefficient (Wildman–Crippen LogP) is 1.60. The van der Waals surface area contributed by atoms with Crippen molar-refractivity contribution >= 4 is 23.7 Å². The van der Waals surface area contributed by atoms with Crippen LogP contribution in [0.25, 0.3) is 0 Å². The summed E-state index contributed by atoms with van der Waals surface area (Å²) in [7, 11) is 0. The van der Waals surface area contributed by atoms with Crippen LogP contribution in [0.5, 0.6) is 0 Å². The van der Waals surface area contributed by atoms with Crippen LogP contribution >= 0.6 is 11.6 Å². The second-order valence-electron chi connectivity index (χ2n) is 2.56. The van der Waals surface area contributed by atoms with Crippen molar-refractivity contribution in [1.29, 1.82) is 0 Å². The predicted molar refractivity (Wildman–Crippen MR) is 55.6 cm³/mol. The quantitative estimate of drug-likeness (QED) is 0.390. The summed E-state index contributed by atoms with van der Waals surface area (Å²) in [5, 5.41) is 7.87. The van der Waals surface area contributed by atoms with Gasteiger partial charge in [0.05, 0.1) is 17.4 Å². The first-order chi connectivity index (χ1) is 6.84. The first-order valence-corrected chi connectivity index (χ1v) is 4.32. The molecule has 0 spiro atoms. The molecule has 14 heavy (non-hydrogen) atoms. The van der Waals surface area contributed by atoms with E-state index in [1.807, 2.05) is 6.07 Å². The molecule has 1 aromatic heterocycles. The van der Waals surface area contributed by atoms with Gasteiger partial charge in [-0.15, -0.1) is 0 Å². The number of amidine groups is 1. The highest BCUT2D eigenvalue weighted by molar-refractivity contribution is 6.29. The van der Waals surface area contributed by atoms with Crippen molar-refractivity contribution in [3.63, 3.8) is 0 Å².